The van der Waals surface area contributed by atoms with E-state index in [0.717, 1.165) is 12.8 Å². The number of alkyl halides is 3. The normalized spacial score (nSPS) is 23.0. The van der Waals surface area contributed by atoms with Crippen molar-refractivity contribution in [2.24, 2.45) is 5.41 Å². The molecule has 1 saturated carbocycles. The third kappa shape index (κ3) is 1.59. The molecule has 0 spiro atoms. The minimum Gasteiger partial charge on any atom is -0.171 e. The van der Waals surface area contributed by atoms with Crippen LogP contribution in [-0.2, 0) is 0 Å². The molecule has 1 aliphatic carbocycles. The van der Waals surface area contributed by atoms with Crippen molar-refractivity contribution in [3.63, 3.8) is 0 Å². The second kappa shape index (κ2) is 3.27. The van der Waals surface area contributed by atoms with Crippen LogP contribution in [0.5, 0.6) is 0 Å². The molecule has 1 fully saturated rings. The second-order valence-corrected chi connectivity index (χ2v) is 3.74. The van der Waals surface area contributed by atoms with Crippen LogP contribution < -0.4 is 0 Å². The van der Waals surface area contributed by atoms with E-state index < -0.39 is 11.6 Å². The fourth-order valence-electron chi connectivity index (χ4n) is 2.21. The van der Waals surface area contributed by atoms with E-state index in [1.807, 2.05) is 6.92 Å². The summed E-state index contributed by atoms with van der Waals surface area (Å²) >= 11 is 0. The maximum atomic E-state index is 12.6. The second-order valence-electron chi connectivity index (χ2n) is 3.74. The summed E-state index contributed by atoms with van der Waals surface area (Å²) in [4.78, 5) is 0. The smallest absolute Gasteiger partial charge is 0.171 e. The van der Waals surface area contributed by atoms with Gasteiger partial charge < -0.3 is 0 Å². The molecule has 0 aromatic rings. The van der Waals surface area contributed by atoms with Crippen molar-refractivity contribution < 1.29 is 13.2 Å². The number of halogens is 3. The maximum absolute atomic E-state index is 12.6. The van der Waals surface area contributed by atoms with Crippen LogP contribution in [0.2, 0.25) is 0 Å². The van der Waals surface area contributed by atoms with Crippen LogP contribution in [0.25, 0.3) is 0 Å². The van der Waals surface area contributed by atoms with Crippen molar-refractivity contribution in [2.75, 3.05) is 0 Å². The Bertz CT molecular complexity index is 142. The molecule has 0 heterocycles. The number of hydrogen-bond acceptors (Lipinski definition) is 0. The van der Waals surface area contributed by atoms with E-state index in [2.05, 4.69) is 0 Å². The standard InChI is InChI=1S/C9H15F3/c1-2-5-8(9(10,11)12)6-3-4-7-8/h2-7H2,1H3. The largest absolute Gasteiger partial charge is 0.394 e. The van der Waals surface area contributed by atoms with Gasteiger partial charge in [0.2, 0.25) is 0 Å². The van der Waals surface area contributed by atoms with Crippen LogP contribution in [-0.4, -0.2) is 6.18 Å². The molecule has 0 aromatic carbocycles. The van der Waals surface area contributed by atoms with Crippen molar-refractivity contribution in [1.82, 2.24) is 0 Å². The molecule has 0 bridgehead atoms. The highest BCUT2D eigenvalue weighted by molar-refractivity contribution is 4.90. The first-order chi connectivity index (χ1) is 5.52. The van der Waals surface area contributed by atoms with Crippen molar-refractivity contribution >= 4 is 0 Å². The van der Waals surface area contributed by atoms with Crippen LogP contribution in [0.4, 0.5) is 13.2 Å². The van der Waals surface area contributed by atoms with Gasteiger partial charge in [-0.3, -0.25) is 0 Å². The Morgan fingerprint density at radius 2 is 1.67 bits per heavy atom. The third-order valence-corrected chi connectivity index (χ3v) is 2.89. The minimum atomic E-state index is -3.97. The predicted molar refractivity (Wildman–Crippen MR) is 41.9 cm³/mol. The van der Waals surface area contributed by atoms with Gasteiger partial charge in [0.15, 0.2) is 0 Å². The predicted octanol–water partition coefficient (Wildman–Crippen LogP) is 3.91. The average molecular weight is 180 g/mol. The van der Waals surface area contributed by atoms with Gasteiger partial charge in [-0.2, -0.15) is 13.2 Å². The summed E-state index contributed by atoms with van der Waals surface area (Å²) in [6, 6.07) is 0. The lowest BCUT2D eigenvalue weighted by atomic mass is 9.81. The first-order valence-electron chi connectivity index (χ1n) is 4.58. The molecular formula is C9H15F3. The van der Waals surface area contributed by atoms with E-state index in [1.165, 1.54) is 0 Å². The molecule has 0 saturated heterocycles. The van der Waals surface area contributed by atoms with E-state index in [4.69, 9.17) is 0 Å². The summed E-state index contributed by atoms with van der Waals surface area (Å²) < 4.78 is 37.8. The van der Waals surface area contributed by atoms with Gasteiger partial charge in [0, 0.05) is 0 Å². The molecule has 3 heteroatoms. The molecule has 0 radical (unpaired) electrons. The van der Waals surface area contributed by atoms with Crippen molar-refractivity contribution in [3.05, 3.63) is 0 Å². The monoisotopic (exact) mass is 180 g/mol. The van der Waals surface area contributed by atoms with Crippen LogP contribution in [0.15, 0.2) is 0 Å². The van der Waals surface area contributed by atoms with Gasteiger partial charge in [-0.05, 0) is 19.3 Å². The molecule has 0 aromatic heterocycles. The molecule has 0 aliphatic heterocycles. The molecule has 0 nitrogen and oxygen atoms in total. The fourth-order valence-corrected chi connectivity index (χ4v) is 2.21. The van der Waals surface area contributed by atoms with Crippen molar-refractivity contribution in [2.45, 2.75) is 51.6 Å². The summed E-state index contributed by atoms with van der Waals surface area (Å²) in [7, 11) is 0. The van der Waals surface area contributed by atoms with Gasteiger partial charge >= 0.3 is 6.18 Å². The van der Waals surface area contributed by atoms with Gasteiger partial charge in [-0.1, -0.05) is 26.2 Å². The highest BCUT2D eigenvalue weighted by atomic mass is 19.4. The van der Waals surface area contributed by atoms with Gasteiger partial charge in [0.05, 0.1) is 5.41 Å². The summed E-state index contributed by atoms with van der Waals surface area (Å²) in [6.07, 6.45) is -0.816. The lowest BCUT2D eigenvalue weighted by Crippen LogP contribution is -2.35. The van der Waals surface area contributed by atoms with Crippen molar-refractivity contribution in [3.8, 4) is 0 Å². The summed E-state index contributed by atoms with van der Waals surface area (Å²) in [6.45, 7) is 1.83. The molecule has 1 rings (SSSR count). The lowest BCUT2D eigenvalue weighted by molar-refractivity contribution is -0.224. The lowest BCUT2D eigenvalue weighted by Gasteiger charge is -2.31. The summed E-state index contributed by atoms with van der Waals surface area (Å²) in [5, 5.41) is 0. The Kier molecular flexibility index (Phi) is 2.69. The molecule has 12 heavy (non-hydrogen) atoms. The zero-order valence-corrected chi connectivity index (χ0v) is 7.38. The third-order valence-electron chi connectivity index (χ3n) is 2.89. The maximum Gasteiger partial charge on any atom is 0.394 e. The Labute approximate surface area is 71.1 Å². The molecule has 0 amide bonds. The van der Waals surface area contributed by atoms with Gasteiger partial charge in [-0.25, -0.2) is 0 Å². The van der Waals surface area contributed by atoms with Crippen LogP contribution in [0.1, 0.15) is 45.4 Å². The average Bonchev–Trinajstić information content (AvgIpc) is 2.36. The van der Waals surface area contributed by atoms with Crippen molar-refractivity contribution in [1.29, 1.82) is 0 Å². The van der Waals surface area contributed by atoms with Crippen LogP contribution in [0.3, 0.4) is 0 Å². The summed E-state index contributed by atoms with van der Waals surface area (Å²) in [5.41, 5.74) is -1.32. The van der Waals surface area contributed by atoms with Crippen LogP contribution in [0, 0.1) is 5.41 Å². The van der Waals surface area contributed by atoms with E-state index in [-0.39, 0.29) is 0 Å². The molecule has 0 unspecified atom stereocenters. The Balaban J connectivity index is 2.72. The molecule has 0 N–H and O–H groups in total. The molecule has 72 valence electrons. The zero-order valence-electron chi connectivity index (χ0n) is 7.38. The molecule has 1 aliphatic rings. The molecule has 0 atom stereocenters. The van der Waals surface area contributed by atoms with E-state index in [9.17, 15) is 13.2 Å². The number of rotatable bonds is 2. The SMILES string of the molecule is CCCC1(C(F)(F)F)CCCC1. The number of hydrogen-bond donors (Lipinski definition) is 0. The van der Waals surface area contributed by atoms with Gasteiger partial charge in [0.1, 0.15) is 0 Å². The van der Waals surface area contributed by atoms with E-state index >= 15 is 0 Å². The topological polar surface area (TPSA) is 0 Å². The van der Waals surface area contributed by atoms with Gasteiger partial charge in [0.25, 0.3) is 0 Å². The Hall–Kier alpha value is -0.210. The highest BCUT2D eigenvalue weighted by Gasteiger charge is 2.54. The van der Waals surface area contributed by atoms with E-state index in [0.29, 0.717) is 25.7 Å². The molecular weight excluding hydrogens is 165 g/mol. The summed E-state index contributed by atoms with van der Waals surface area (Å²) in [5.74, 6) is 0. The first kappa shape index (κ1) is 9.87. The Morgan fingerprint density at radius 3 is 2.00 bits per heavy atom. The first-order valence-corrected chi connectivity index (χ1v) is 4.58. The quantitative estimate of drug-likeness (QED) is 0.604. The zero-order chi connectivity index (χ0) is 9.24. The van der Waals surface area contributed by atoms with Crippen LogP contribution >= 0.6 is 0 Å². The van der Waals surface area contributed by atoms with Gasteiger partial charge in [-0.15, -0.1) is 0 Å². The fraction of sp³-hybridized carbons (Fsp3) is 1.00. The minimum absolute atomic E-state index is 0.316. The van der Waals surface area contributed by atoms with E-state index in [1.54, 1.807) is 0 Å². The Morgan fingerprint density at radius 1 is 1.17 bits per heavy atom. The highest BCUT2D eigenvalue weighted by Crippen LogP contribution is 2.53.